The normalized spacial score (nSPS) is 24.8. The molecule has 1 N–H and O–H groups in total. The summed E-state index contributed by atoms with van der Waals surface area (Å²) in [5.74, 6) is -0.173. The van der Waals surface area contributed by atoms with E-state index in [4.69, 9.17) is 4.74 Å². The first-order valence-corrected chi connectivity index (χ1v) is 6.62. The maximum absolute atomic E-state index is 13.2. The Morgan fingerprint density at radius 3 is 2.89 bits per heavy atom. The third kappa shape index (κ3) is 3.53. The van der Waals surface area contributed by atoms with Crippen LogP contribution in [-0.4, -0.2) is 18.2 Å². The van der Waals surface area contributed by atoms with Gasteiger partial charge in [0, 0.05) is 18.7 Å². The molecule has 1 fully saturated rings. The average Bonchev–Trinajstić information content (AvgIpc) is 2.27. The third-order valence-corrected chi connectivity index (χ3v) is 3.53. The van der Waals surface area contributed by atoms with Crippen molar-refractivity contribution in [1.29, 1.82) is 0 Å². The predicted molar refractivity (Wildman–Crippen MR) is 71.0 cm³/mol. The standard InChI is InChI=1S/C15H22FNO/c1-11(12-5-4-6-13(16)9-12)17-14-7-8-18-15(2,3)10-14/h4-6,9,11,14,17H,7-8,10H2,1-3H3. The molecule has 18 heavy (non-hydrogen) atoms. The number of hydrogen-bond acceptors (Lipinski definition) is 2. The molecule has 2 unspecified atom stereocenters. The first-order chi connectivity index (χ1) is 8.46. The van der Waals surface area contributed by atoms with Crippen LogP contribution in [0.4, 0.5) is 4.39 Å². The molecule has 2 atom stereocenters. The van der Waals surface area contributed by atoms with Gasteiger partial charge in [-0.3, -0.25) is 0 Å². The van der Waals surface area contributed by atoms with Crippen molar-refractivity contribution in [3.05, 3.63) is 35.6 Å². The topological polar surface area (TPSA) is 21.3 Å². The van der Waals surface area contributed by atoms with Crippen molar-refractivity contribution >= 4 is 0 Å². The van der Waals surface area contributed by atoms with Crippen LogP contribution in [0.3, 0.4) is 0 Å². The van der Waals surface area contributed by atoms with E-state index in [1.807, 2.05) is 6.07 Å². The van der Waals surface area contributed by atoms with E-state index in [9.17, 15) is 4.39 Å². The van der Waals surface area contributed by atoms with E-state index in [1.54, 1.807) is 12.1 Å². The predicted octanol–water partition coefficient (Wildman–Crippen LogP) is 3.43. The zero-order chi connectivity index (χ0) is 13.2. The van der Waals surface area contributed by atoms with Gasteiger partial charge in [-0.15, -0.1) is 0 Å². The molecular formula is C15H22FNO. The molecule has 0 aromatic heterocycles. The quantitative estimate of drug-likeness (QED) is 0.888. The zero-order valence-corrected chi connectivity index (χ0v) is 11.4. The van der Waals surface area contributed by atoms with Crippen molar-refractivity contribution in [2.24, 2.45) is 0 Å². The van der Waals surface area contributed by atoms with Gasteiger partial charge in [-0.1, -0.05) is 12.1 Å². The van der Waals surface area contributed by atoms with E-state index in [-0.39, 0.29) is 17.5 Å². The van der Waals surface area contributed by atoms with E-state index >= 15 is 0 Å². The summed E-state index contributed by atoms with van der Waals surface area (Å²) in [6, 6.07) is 7.41. The highest BCUT2D eigenvalue weighted by molar-refractivity contribution is 5.19. The molecule has 0 spiro atoms. The fourth-order valence-electron chi connectivity index (χ4n) is 2.60. The van der Waals surface area contributed by atoms with E-state index in [1.165, 1.54) is 6.07 Å². The Morgan fingerprint density at radius 2 is 2.22 bits per heavy atom. The number of halogens is 1. The average molecular weight is 251 g/mol. The first kappa shape index (κ1) is 13.5. The molecule has 1 aromatic rings. The lowest BCUT2D eigenvalue weighted by atomic mass is 9.93. The van der Waals surface area contributed by atoms with Crippen LogP contribution in [0.25, 0.3) is 0 Å². The van der Waals surface area contributed by atoms with Gasteiger partial charge >= 0.3 is 0 Å². The Morgan fingerprint density at radius 1 is 1.44 bits per heavy atom. The van der Waals surface area contributed by atoms with Crippen LogP contribution in [0.2, 0.25) is 0 Å². The molecule has 0 radical (unpaired) electrons. The second-order valence-corrected chi connectivity index (χ2v) is 5.74. The van der Waals surface area contributed by atoms with Crippen molar-refractivity contribution in [2.45, 2.75) is 51.3 Å². The Bertz CT molecular complexity index is 405. The molecule has 1 aliphatic heterocycles. The van der Waals surface area contributed by atoms with E-state index in [0.717, 1.165) is 25.0 Å². The summed E-state index contributed by atoms with van der Waals surface area (Å²) >= 11 is 0. The minimum absolute atomic E-state index is 0.0580. The number of rotatable bonds is 3. The molecule has 0 saturated carbocycles. The highest BCUT2D eigenvalue weighted by Gasteiger charge is 2.29. The van der Waals surface area contributed by atoms with Gasteiger partial charge in [-0.05, 0) is 51.3 Å². The molecule has 2 nitrogen and oxygen atoms in total. The van der Waals surface area contributed by atoms with Gasteiger partial charge in [0.15, 0.2) is 0 Å². The maximum Gasteiger partial charge on any atom is 0.123 e. The molecule has 1 aliphatic rings. The lowest BCUT2D eigenvalue weighted by Crippen LogP contribution is -2.44. The largest absolute Gasteiger partial charge is 0.375 e. The van der Waals surface area contributed by atoms with Crippen LogP contribution in [0.5, 0.6) is 0 Å². The Labute approximate surface area is 109 Å². The summed E-state index contributed by atoms with van der Waals surface area (Å²) in [5, 5.41) is 3.57. The molecule has 0 aliphatic carbocycles. The van der Waals surface area contributed by atoms with Crippen LogP contribution in [0, 0.1) is 5.82 Å². The van der Waals surface area contributed by atoms with Crippen LogP contribution >= 0.6 is 0 Å². The second kappa shape index (κ2) is 5.37. The van der Waals surface area contributed by atoms with Gasteiger partial charge in [0.05, 0.1) is 5.60 Å². The minimum atomic E-state index is -0.173. The lowest BCUT2D eigenvalue weighted by molar-refractivity contribution is -0.0640. The molecule has 0 bridgehead atoms. The van der Waals surface area contributed by atoms with Crippen molar-refractivity contribution in [2.75, 3.05) is 6.61 Å². The van der Waals surface area contributed by atoms with Gasteiger partial charge in [-0.2, -0.15) is 0 Å². The summed E-state index contributed by atoms with van der Waals surface area (Å²) in [6.07, 6.45) is 2.01. The van der Waals surface area contributed by atoms with Gasteiger partial charge in [-0.25, -0.2) is 4.39 Å². The molecule has 1 heterocycles. The summed E-state index contributed by atoms with van der Waals surface area (Å²) in [4.78, 5) is 0. The Hall–Kier alpha value is -0.930. The molecule has 3 heteroatoms. The summed E-state index contributed by atoms with van der Waals surface area (Å²) < 4.78 is 18.9. The van der Waals surface area contributed by atoms with Crippen molar-refractivity contribution in [3.63, 3.8) is 0 Å². The van der Waals surface area contributed by atoms with Crippen LogP contribution in [-0.2, 0) is 4.74 Å². The van der Waals surface area contributed by atoms with E-state index in [2.05, 4.69) is 26.1 Å². The zero-order valence-electron chi connectivity index (χ0n) is 11.4. The van der Waals surface area contributed by atoms with Gasteiger partial charge in [0.2, 0.25) is 0 Å². The highest BCUT2D eigenvalue weighted by Crippen LogP contribution is 2.26. The fourth-order valence-corrected chi connectivity index (χ4v) is 2.60. The second-order valence-electron chi connectivity index (χ2n) is 5.74. The summed E-state index contributed by atoms with van der Waals surface area (Å²) in [5.41, 5.74) is 0.941. The van der Waals surface area contributed by atoms with Crippen molar-refractivity contribution in [3.8, 4) is 0 Å². The molecular weight excluding hydrogens is 229 g/mol. The van der Waals surface area contributed by atoms with Crippen molar-refractivity contribution < 1.29 is 9.13 Å². The highest BCUT2D eigenvalue weighted by atomic mass is 19.1. The maximum atomic E-state index is 13.2. The smallest absolute Gasteiger partial charge is 0.123 e. The number of nitrogens with one attached hydrogen (secondary N) is 1. The Balaban J connectivity index is 1.97. The molecule has 0 amide bonds. The fraction of sp³-hybridized carbons (Fsp3) is 0.600. The minimum Gasteiger partial charge on any atom is -0.375 e. The summed E-state index contributed by atoms with van der Waals surface area (Å²) in [6.45, 7) is 7.11. The SMILES string of the molecule is CC(NC1CCOC(C)(C)C1)c1cccc(F)c1. The van der Waals surface area contributed by atoms with Crippen molar-refractivity contribution in [1.82, 2.24) is 5.32 Å². The van der Waals surface area contributed by atoms with E-state index in [0.29, 0.717) is 6.04 Å². The lowest BCUT2D eigenvalue weighted by Gasteiger charge is -2.37. The van der Waals surface area contributed by atoms with Crippen LogP contribution in [0.15, 0.2) is 24.3 Å². The third-order valence-electron chi connectivity index (χ3n) is 3.53. The summed E-state index contributed by atoms with van der Waals surface area (Å²) in [7, 11) is 0. The van der Waals surface area contributed by atoms with Crippen LogP contribution in [0.1, 0.15) is 45.2 Å². The molecule has 1 aromatic carbocycles. The number of ether oxygens (including phenoxy) is 1. The van der Waals surface area contributed by atoms with Crippen LogP contribution < -0.4 is 5.32 Å². The first-order valence-electron chi connectivity index (χ1n) is 6.62. The number of benzene rings is 1. The van der Waals surface area contributed by atoms with E-state index < -0.39 is 0 Å². The van der Waals surface area contributed by atoms with Gasteiger partial charge in [0.1, 0.15) is 5.82 Å². The number of hydrogen-bond donors (Lipinski definition) is 1. The molecule has 2 rings (SSSR count). The Kier molecular flexibility index (Phi) is 4.03. The van der Waals surface area contributed by atoms with Gasteiger partial charge in [0.25, 0.3) is 0 Å². The monoisotopic (exact) mass is 251 g/mol. The molecule has 100 valence electrons. The molecule has 1 saturated heterocycles. The van der Waals surface area contributed by atoms with Gasteiger partial charge < -0.3 is 10.1 Å².